The van der Waals surface area contributed by atoms with Crippen LogP contribution in [-0.2, 0) is 11.2 Å². The van der Waals surface area contributed by atoms with E-state index in [1.165, 1.54) is 24.3 Å². The first kappa shape index (κ1) is 14.3. The first-order chi connectivity index (χ1) is 9.66. The van der Waals surface area contributed by atoms with Gasteiger partial charge < -0.3 is 10.3 Å². The summed E-state index contributed by atoms with van der Waals surface area (Å²) in [5.74, 6) is -0.761. The zero-order chi connectivity index (χ0) is 14.4. The highest BCUT2D eigenvalue weighted by Crippen LogP contribution is 2.20. The van der Waals surface area contributed by atoms with Gasteiger partial charge in [-0.3, -0.25) is 4.79 Å². The highest BCUT2D eigenvalue weighted by Gasteiger charge is 2.04. The van der Waals surface area contributed by atoms with Gasteiger partial charge in [-0.25, -0.2) is 9.37 Å². The third kappa shape index (κ3) is 3.93. The summed E-state index contributed by atoms with van der Waals surface area (Å²) in [5.41, 5.74) is 1.14. The molecule has 0 aliphatic heterocycles. The molecule has 0 atom stereocenters. The monoisotopic (exact) mass is 293 g/mol. The van der Waals surface area contributed by atoms with E-state index in [-0.39, 0.29) is 16.5 Å². The van der Waals surface area contributed by atoms with Crippen LogP contribution < -0.4 is 5.32 Å². The van der Waals surface area contributed by atoms with Gasteiger partial charge in [-0.05, 0) is 18.2 Å². The second-order valence-electron chi connectivity index (χ2n) is 4.09. The van der Waals surface area contributed by atoms with Crippen LogP contribution in [0.15, 0.2) is 36.8 Å². The number of imidazole rings is 1. The molecule has 1 aromatic heterocycles. The van der Waals surface area contributed by atoms with Gasteiger partial charge in [-0.2, -0.15) is 0 Å². The number of benzene rings is 1. The van der Waals surface area contributed by atoms with Gasteiger partial charge in [0.25, 0.3) is 0 Å². The van der Waals surface area contributed by atoms with Crippen molar-refractivity contribution in [1.29, 1.82) is 0 Å². The Morgan fingerprint density at radius 3 is 3.05 bits per heavy atom. The van der Waals surface area contributed by atoms with Gasteiger partial charge in [-0.15, -0.1) is 0 Å². The maximum absolute atomic E-state index is 13.5. The minimum atomic E-state index is -0.459. The third-order valence-corrected chi connectivity index (χ3v) is 2.98. The fourth-order valence-corrected chi connectivity index (χ4v) is 1.86. The Bertz CT molecular complexity index is 591. The molecule has 0 aliphatic rings. The second kappa shape index (κ2) is 6.86. The SMILES string of the molecule is O=C(C=Cc1c(F)cccc1Cl)NCCc1cnc[nH]1. The van der Waals surface area contributed by atoms with E-state index < -0.39 is 5.82 Å². The maximum Gasteiger partial charge on any atom is 0.244 e. The van der Waals surface area contributed by atoms with E-state index in [0.717, 1.165) is 5.69 Å². The Hall–Kier alpha value is -2.14. The number of hydrogen-bond acceptors (Lipinski definition) is 2. The van der Waals surface area contributed by atoms with Gasteiger partial charge in [0.15, 0.2) is 0 Å². The van der Waals surface area contributed by atoms with Crippen LogP contribution in [0.3, 0.4) is 0 Å². The summed E-state index contributed by atoms with van der Waals surface area (Å²) in [6.45, 7) is 0.469. The Balaban J connectivity index is 1.86. The van der Waals surface area contributed by atoms with Crippen LogP contribution >= 0.6 is 11.6 Å². The van der Waals surface area contributed by atoms with Crippen LogP contribution in [0.2, 0.25) is 5.02 Å². The highest BCUT2D eigenvalue weighted by molar-refractivity contribution is 6.32. The standard InChI is InChI=1S/C14H13ClFN3O/c15-12-2-1-3-13(16)11(12)4-5-14(20)18-7-6-10-8-17-9-19-10/h1-5,8-9H,6-7H2,(H,17,19)(H,18,20). The third-order valence-electron chi connectivity index (χ3n) is 2.65. The molecule has 4 nitrogen and oxygen atoms in total. The van der Waals surface area contributed by atoms with E-state index in [1.54, 1.807) is 18.6 Å². The van der Waals surface area contributed by atoms with Gasteiger partial charge in [-0.1, -0.05) is 17.7 Å². The predicted octanol–water partition coefficient (Wildman–Crippen LogP) is 2.57. The summed E-state index contributed by atoms with van der Waals surface area (Å²) < 4.78 is 13.5. The van der Waals surface area contributed by atoms with Gasteiger partial charge in [0, 0.05) is 36.5 Å². The molecule has 1 heterocycles. The van der Waals surface area contributed by atoms with Crippen molar-refractivity contribution in [3.05, 3.63) is 58.9 Å². The van der Waals surface area contributed by atoms with Crippen molar-refractivity contribution in [2.45, 2.75) is 6.42 Å². The van der Waals surface area contributed by atoms with Crippen molar-refractivity contribution < 1.29 is 9.18 Å². The number of rotatable bonds is 5. The molecule has 2 aromatic rings. The molecule has 1 aromatic carbocycles. The number of H-pyrrole nitrogens is 1. The van der Waals surface area contributed by atoms with Gasteiger partial charge in [0.2, 0.25) is 5.91 Å². The van der Waals surface area contributed by atoms with E-state index in [1.807, 2.05) is 0 Å². The molecule has 0 radical (unpaired) electrons. The predicted molar refractivity (Wildman–Crippen MR) is 75.7 cm³/mol. The van der Waals surface area contributed by atoms with E-state index in [4.69, 9.17) is 11.6 Å². The van der Waals surface area contributed by atoms with Crippen molar-refractivity contribution in [3.8, 4) is 0 Å². The van der Waals surface area contributed by atoms with Crippen LogP contribution in [0, 0.1) is 5.82 Å². The molecule has 0 bridgehead atoms. The lowest BCUT2D eigenvalue weighted by atomic mass is 10.2. The number of carbonyl (C=O) groups is 1. The van der Waals surface area contributed by atoms with Crippen molar-refractivity contribution in [3.63, 3.8) is 0 Å². The maximum atomic E-state index is 13.5. The lowest BCUT2D eigenvalue weighted by molar-refractivity contribution is -0.116. The first-order valence-electron chi connectivity index (χ1n) is 6.04. The van der Waals surface area contributed by atoms with Crippen molar-refractivity contribution in [2.75, 3.05) is 6.54 Å². The van der Waals surface area contributed by atoms with E-state index in [9.17, 15) is 9.18 Å². The second-order valence-corrected chi connectivity index (χ2v) is 4.49. The lowest BCUT2D eigenvalue weighted by Gasteiger charge is -2.01. The highest BCUT2D eigenvalue weighted by atomic mass is 35.5. The van der Waals surface area contributed by atoms with Crippen LogP contribution in [-0.4, -0.2) is 22.4 Å². The Kier molecular flexibility index (Phi) is 4.90. The Labute approximate surface area is 120 Å². The average Bonchev–Trinajstić information content (AvgIpc) is 2.91. The van der Waals surface area contributed by atoms with Crippen LogP contribution in [0.4, 0.5) is 4.39 Å². The molecule has 0 spiro atoms. The van der Waals surface area contributed by atoms with Crippen molar-refractivity contribution in [1.82, 2.24) is 15.3 Å². The number of amides is 1. The molecule has 0 aliphatic carbocycles. The summed E-state index contributed by atoms with van der Waals surface area (Å²) in [4.78, 5) is 18.4. The van der Waals surface area contributed by atoms with Crippen LogP contribution in [0.1, 0.15) is 11.3 Å². The lowest BCUT2D eigenvalue weighted by Crippen LogP contribution is -2.23. The zero-order valence-corrected chi connectivity index (χ0v) is 11.3. The summed E-state index contributed by atoms with van der Waals surface area (Å²) >= 11 is 5.85. The number of hydrogen-bond donors (Lipinski definition) is 2. The summed E-state index contributed by atoms with van der Waals surface area (Å²) in [6, 6.07) is 4.38. The molecule has 104 valence electrons. The summed E-state index contributed by atoms with van der Waals surface area (Å²) in [5, 5.41) is 2.96. The fraction of sp³-hybridized carbons (Fsp3) is 0.143. The fourth-order valence-electron chi connectivity index (χ4n) is 1.63. The van der Waals surface area contributed by atoms with E-state index in [0.29, 0.717) is 13.0 Å². The molecule has 2 rings (SSSR count). The number of aromatic nitrogens is 2. The Morgan fingerprint density at radius 1 is 1.50 bits per heavy atom. The topological polar surface area (TPSA) is 57.8 Å². The molecule has 0 fully saturated rings. The minimum absolute atomic E-state index is 0.206. The molecule has 2 N–H and O–H groups in total. The summed E-state index contributed by atoms with van der Waals surface area (Å²) in [6.07, 6.45) is 6.55. The van der Waals surface area contributed by atoms with Crippen molar-refractivity contribution in [2.24, 2.45) is 0 Å². The van der Waals surface area contributed by atoms with Gasteiger partial charge in [0.05, 0.1) is 11.3 Å². The van der Waals surface area contributed by atoms with E-state index >= 15 is 0 Å². The smallest absolute Gasteiger partial charge is 0.244 e. The molecular weight excluding hydrogens is 281 g/mol. The molecule has 0 saturated carbocycles. The summed E-state index contributed by atoms with van der Waals surface area (Å²) in [7, 11) is 0. The van der Waals surface area contributed by atoms with E-state index in [2.05, 4.69) is 15.3 Å². The minimum Gasteiger partial charge on any atom is -0.352 e. The number of aromatic amines is 1. The Morgan fingerprint density at radius 2 is 2.35 bits per heavy atom. The molecule has 20 heavy (non-hydrogen) atoms. The zero-order valence-electron chi connectivity index (χ0n) is 10.6. The number of nitrogens with one attached hydrogen (secondary N) is 2. The van der Waals surface area contributed by atoms with Crippen LogP contribution in [0.25, 0.3) is 6.08 Å². The van der Waals surface area contributed by atoms with Crippen molar-refractivity contribution >= 4 is 23.6 Å². The van der Waals surface area contributed by atoms with Crippen LogP contribution in [0.5, 0.6) is 0 Å². The average molecular weight is 294 g/mol. The first-order valence-corrected chi connectivity index (χ1v) is 6.42. The molecule has 6 heteroatoms. The quantitative estimate of drug-likeness (QED) is 0.833. The number of carbonyl (C=O) groups excluding carboxylic acids is 1. The normalized spacial score (nSPS) is 10.9. The molecule has 0 saturated heterocycles. The largest absolute Gasteiger partial charge is 0.352 e. The number of nitrogens with zero attached hydrogens (tertiary/aromatic N) is 1. The van der Waals surface area contributed by atoms with Gasteiger partial charge >= 0.3 is 0 Å². The molecule has 1 amide bonds. The van der Waals surface area contributed by atoms with Gasteiger partial charge in [0.1, 0.15) is 5.82 Å². The number of halogens is 2. The molecule has 0 unspecified atom stereocenters. The molecular formula is C14H13ClFN3O.